The standard InChI is InChI=1S/C11H7F2N3O3S/c12-6-4-7(13)8(3-5(6)9(17)18)15-10(19)16-11-14-1-2-20-11/h1-4H,(H,17,18)(H2,14,15,16,19). The number of halogens is 2. The van der Waals surface area contributed by atoms with Crippen LogP contribution in [0.4, 0.5) is 24.4 Å². The van der Waals surface area contributed by atoms with Crippen molar-refractivity contribution in [2.45, 2.75) is 0 Å². The van der Waals surface area contributed by atoms with Gasteiger partial charge in [0.25, 0.3) is 0 Å². The van der Waals surface area contributed by atoms with Crippen molar-refractivity contribution in [3.63, 3.8) is 0 Å². The Morgan fingerprint density at radius 3 is 2.55 bits per heavy atom. The predicted octanol–water partition coefficient (Wildman–Crippen LogP) is 2.76. The second kappa shape index (κ2) is 5.61. The molecule has 0 aliphatic heterocycles. The van der Waals surface area contributed by atoms with Gasteiger partial charge in [0, 0.05) is 17.6 Å². The highest BCUT2D eigenvalue weighted by molar-refractivity contribution is 7.13. The number of nitrogens with one attached hydrogen (secondary N) is 2. The number of hydrogen-bond acceptors (Lipinski definition) is 4. The number of amides is 2. The summed E-state index contributed by atoms with van der Waals surface area (Å²) in [5.74, 6) is -3.87. The summed E-state index contributed by atoms with van der Waals surface area (Å²) in [7, 11) is 0. The molecule has 0 radical (unpaired) electrons. The van der Waals surface area contributed by atoms with E-state index < -0.39 is 34.9 Å². The lowest BCUT2D eigenvalue weighted by Crippen LogP contribution is -2.20. The topological polar surface area (TPSA) is 91.3 Å². The molecule has 20 heavy (non-hydrogen) atoms. The molecule has 2 aromatic rings. The van der Waals surface area contributed by atoms with Gasteiger partial charge < -0.3 is 10.4 Å². The molecular weight excluding hydrogens is 292 g/mol. The summed E-state index contributed by atoms with van der Waals surface area (Å²) in [4.78, 5) is 26.0. The summed E-state index contributed by atoms with van der Waals surface area (Å²) in [5, 5.41) is 15.0. The van der Waals surface area contributed by atoms with Crippen LogP contribution in [0.1, 0.15) is 10.4 Å². The first-order chi connectivity index (χ1) is 9.47. The normalized spacial score (nSPS) is 10.1. The third kappa shape index (κ3) is 3.06. The van der Waals surface area contributed by atoms with Crippen LogP contribution in [0.3, 0.4) is 0 Å². The van der Waals surface area contributed by atoms with Crippen LogP contribution in [0.2, 0.25) is 0 Å². The van der Waals surface area contributed by atoms with Gasteiger partial charge in [0.2, 0.25) is 0 Å². The van der Waals surface area contributed by atoms with E-state index >= 15 is 0 Å². The lowest BCUT2D eigenvalue weighted by molar-refractivity contribution is 0.0692. The average molecular weight is 299 g/mol. The number of anilines is 2. The molecule has 0 aliphatic rings. The minimum Gasteiger partial charge on any atom is -0.478 e. The summed E-state index contributed by atoms with van der Waals surface area (Å²) in [6.07, 6.45) is 1.46. The van der Waals surface area contributed by atoms with Gasteiger partial charge in [0.1, 0.15) is 11.6 Å². The van der Waals surface area contributed by atoms with E-state index in [1.807, 2.05) is 0 Å². The number of carbonyl (C=O) groups excluding carboxylic acids is 1. The van der Waals surface area contributed by atoms with E-state index in [1.165, 1.54) is 6.20 Å². The van der Waals surface area contributed by atoms with Crippen molar-refractivity contribution in [2.75, 3.05) is 10.6 Å². The van der Waals surface area contributed by atoms with Gasteiger partial charge in [-0.05, 0) is 6.07 Å². The SMILES string of the molecule is O=C(Nc1nccs1)Nc1cc(C(=O)O)c(F)cc1F. The lowest BCUT2D eigenvalue weighted by Gasteiger charge is -2.08. The second-order valence-corrected chi connectivity index (χ2v) is 4.43. The van der Waals surface area contributed by atoms with Crippen LogP contribution in [-0.4, -0.2) is 22.1 Å². The first-order valence-corrected chi connectivity index (χ1v) is 6.05. The Balaban J connectivity index is 2.18. The van der Waals surface area contributed by atoms with Crippen molar-refractivity contribution >= 4 is 34.2 Å². The zero-order valence-electron chi connectivity index (χ0n) is 9.68. The Labute approximate surface area is 115 Å². The molecule has 0 saturated heterocycles. The minimum absolute atomic E-state index is 0.281. The highest BCUT2D eigenvalue weighted by Gasteiger charge is 2.16. The van der Waals surface area contributed by atoms with Gasteiger partial charge in [0.05, 0.1) is 11.3 Å². The van der Waals surface area contributed by atoms with Crippen molar-refractivity contribution in [1.29, 1.82) is 0 Å². The summed E-state index contributed by atoms with van der Waals surface area (Å²) in [6.45, 7) is 0. The predicted molar refractivity (Wildman–Crippen MR) is 68.1 cm³/mol. The number of urea groups is 1. The Bertz CT molecular complexity index is 661. The molecule has 0 fully saturated rings. The Hall–Kier alpha value is -2.55. The maximum absolute atomic E-state index is 13.4. The fraction of sp³-hybridized carbons (Fsp3) is 0. The number of aromatic nitrogens is 1. The van der Waals surface area contributed by atoms with Gasteiger partial charge >= 0.3 is 12.0 Å². The number of rotatable bonds is 3. The number of nitrogens with zero attached hydrogens (tertiary/aromatic N) is 1. The lowest BCUT2D eigenvalue weighted by atomic mass is 10.2. The van der Waals surface area contributed by atoms with Gasteiger partial charge in [-0.1, -0.05) is 0 Å². The third-order valence-corrected chi connectivity index (χ3v) is 2.88. The van der Waals surface area contributed by atoms with Crippen LogP contribution in [0.5, 0.6) is 0 Å². The molecule has 3 N–H and O–H groups in total. The highest BCUT2D eigenvalue weighted by Crippen LogP contribution is 2.20. The first-order valence-electron chi connectivity index (χ1n) is 5.17. The summed E-state index contributed by atoms with van der Waals surface area (Å²) >= 11 is 1.15. The van der Waals surface area contributed by atoms with E-state index in [2.05, 4.69) is 15.6 Å². The number of carboxylic acid groups (broad SMARTS) is 1. The molecule has 1 aromatic carbocycles. The summed E-state index contributed by atoms with van der Waals surface area (Å²) in [6, 6.07) is 0.276. The van der Waals surface area contributed by atoms with Gasteiger partial charge in [0.15, 0.2) is 5.13 Å². The van der Waals surface area contributed by atoms with Crippen LogP contribution >= 0.6 is 11.3 Å². The molecule has 104 valence electrons. The van der Waals surface area contributed by atoms with Gasteiger partial charge in [-0.3, -0.25) is 5.32 Å². The van der Waals surface area contributed by atoms with E-state index in [4.69, 9.17) is 5.11 Å². The zero-order valence-corrected chi connectivity index (χ0v) is 10.5. The van der Waals surface area contributed by atoms with Gasteiger partial charge in [-0.15, -0.1) is 11.3 Å². The van der Waals surface area contributed by atoms with Crippen molar-refractivity contribution in [1.82, 2.24) is 4.98 Å². The van der Waals surface area contributed by atoms with E-state index in [0.717, 1.165) is 11.3 Å². The molecule has 0 saturated carbocycles. The summed E-state index contributed by atoms with van der Waals surface area (Å²) < 4.78 is 26.6. The van der Waals surface area contributed by atoms with Crippen LogP contribution in [0.15, 0.2) is 23.7 Å². The minimum atomic E-state index is -1.56. The number of hydrogen-bond donors (Lipinski definition) is 3. The molecule has 0 bridgehead atoms. The largest absolute Gasteiger partial charge is 0.478 e. The van der Waals surface area contributed by atoms with Crippen LogP contribution in [0, 0.1) is 11.6 Å². The van der Waals surface area contributed by atoms with Crippen molar-refractivity contribution in [2.24, 2.45) is 0 Å². The molecule has 1 heterocycles. The Kier molecular flexibility index (Phi) is 3.89. The number of benzene rings is 1. The Morgan fingerprint density at radius 2 is 1.95 bits per heavy atom. The number of aromatic carboxylic acids is 1. The molecule has 9 heteroatoms. The smallest absolute Gasteiger partial charge is 0.338 e. The fourth-order valence-corrected chi connectivity index (χ4v) is 1.87. The van der Waals surface area contributed by atoms with E-state index in [1.54, 1.807) is 5.38 Å². The molecule has 6 nitrogen and oxygen atoms in total. The maximum atomic E-state index is 13.4. The molecule has 0 spiro atoms. The number of carboxylic acids is 1. The third-order valence-electron chi connectivity index (χ3n) is 2.19. The van der Waals surface area contributed by atoms with E-state index in [9.17, 15) is 18.4 Å². The average Bonchev–Trinajstić information content (AvgIpc) is 2.84. The molecular formula is C11H7F2N3O3S. The number of thiazole rings is 1. The quantitative estimate of drug-likeness (QED) is 0.812. The first kappa shape index (κ1) is 13.9. The molecule has 2 amide bonds. The van der Waals surface area contributed by atoms with Crippen molar-refractivity contribution < 1.29 is 23.5 Å². The van der Waals surface area contributed by atoms with E-state index in [0.29, 0.717) is 12.1 Å². The molecule has 1 aromatic heterocycles. The molecule has 0 unspecified atom stereocenters. The van der Waals surface area contributed by atoms with Crippen molar-refractivity contribution in [3.8, 4) is 0 Å². The number of carbonyl (C=O) groups is 2. The molecule has 0 atom stereocenters. The Morgan fingerprint density at radius 1 is 1.20 bits per heavy atom. The maximum Gasteiger partial charge on any atom is 0.338 e. The van der Waals surface area contributed by atoms with Crippen LogP contribution in [0.25, 0.3) is 0 Å². The zero-order chi connectivity index (χ0) is 14.7. The van der Waals surface area contributed by atoms with Gasteiger partial charge in [-0.25, -0.2) is 23.4 Å². The van der Waals surface area contributed by atoms with E-state index in [-0.39, 0.29) is 5.13 Å². The summed E-state index contributed by atoms with van der Waals surface area (Å²) in [5.41, 5.74) is -1.19. The van der Waals surface area contributed by atoms with Crippen molar-refractivity contribution in [3.05, 3.63) is 40.9 Å². The monoisotopic (exact) mass is 299 g/mol. The molecule has 2 rings (SSSR count). The van der Waals surface area contributed by atoms with Crippen LogP contribution in [-0.2, 0) is 0 Å². The highest BCUT2D eigenvalue weighted by atomic mass is 32.1. The molecule has 0 aliphatic carbocycles. The second-order valence-electron chi connectivity index (χ2n) is 3.53. The fourth-order valence-electron chi connectivity index (χ4n) is 1.34. The van der Waals surface area contributed by atoms with Crippen LogP contribution < -0.4 is 10.6 Å². The van der Waals surface area contributed by atoms with Gasteiger partial charge in [-0.2, -0.15) is 0 Å².